The van der Waals surface area contributed by atoms with Crippen LogP contribution in [0.1, 0.15) is 21.6 Å². The van der Waals surface area contributed by atoms with Crippen LogP contribution in [0.2, 0.25) is 0 Å². The zero-order chi connectivity index (χ0) is 13.3. The van der Waals surface area contributed by atoms with Gasteiger partial charge in [0.2, 0.25) is 5.88 Å². The van der Waals surface area contributed by atoms with Gasteiger partial charge in [0, 0.05) is 15.7 Å². The third-order valence-corrected chi connectivity index (χ3v) is 3.14. The molecule has 0 aliphatic heterocycles. The van der Waals surface area contributed by atoms with Gasteiger partial charge in [-0.1, -0.05) is 21.1 Å². The van der Waals surface area contributed by atoms with E-state index in [9.17, 15) is 4.79 Å². The summed E-state index contributed by atoms with van der Waals surface area (Å²) in [6, 6.07) is 5.07. The predicted octanol–water partition coefficient (Wildman–Crippen LogP) is 2.89. The Kier molecular flexibility index (Phi) is 3.38. The second kappa shape index (κ2) is 4.81. The second-order valence-electron chi connectivity index (χ2n) is 3.91. The minimum absolute atomic E-state index is 0.320. The number of anilines is 2. The monoisotopic (exact) mass is 309 g/mol. The zero-order valence-corrected chi connectivity index (χ0v) is 11.5. The van der Waals surface area contributed by atoms with Gasteiger partial charge >= 0.3 is 0 Å². The average molecular weight is 310 g/mol. The van der Waals surface area contributed by atoms with Crippen molar-refractivity contribution in [3.05, 3.63) is 39.5 Å². The standard InChI is InChI=1S/C12H12BrN3O2/c1-6-7(2)16-18-12(6)15-11(17)9-4-3-8(13)5-10(9)14/h3-5H,14H2,1-2H3,(H,15,17). The number of aromatic nitrogens is 1. The molecule has 18 heavy (non-hydrogen) atoms. The van der Waals surface area contributed by atoms with Gasteiger partial charge in [0.05, 0.1) is 11.3 Å². The molecule has 5 nitrogen and oxygen atoms in total. The van der Waals surface area contributed by atoms with Crippen LogP contribution in [0.25, 0.3) is 0 Å². The lowest BCUT2D eigenvalue weighted by Gasteiger charge is -2.05. The highest BCUT2D eigenvalue weighted by atomic mass is 79.9. The molecule has 2 aromatic rings. The zero-order valence-electron chi connectivity index (χ0n) is 9.95. The van der Waals surface area contributed by atoms with Crippen LogP contribution in [0.5, 0.6) is 0 Å². The van der Waals surface area contributed by atoms with Crippen molar-refractivity contribution in [1.82, 2.24) is 5.16 Å². The molecule has 0 saturated carbocycles. The van der Waals surface area contributed by atoms with Crippen LogP contribution in [0.4, 0.5) is 11.6 Å². The van der Waals surface area contributed by atoms with E-state index in [2.05, 4.69) is 26.4 Å². The Hall–Kier alpha value is -1.82. The summed E-state index contributed by atoms with van der Waals surface area (Å²) in [5.41, 5.74) is 8.13. The molecular formula is C12H12BrN3O2. The van der Waals surface area contributed by atoms with Crippen LogP contribution >= 0.6 is 15.9 Å². The summed E-state index contributed by atoms with van der Waals surface area (Å²) in [6.07, 6.45) is 0. The number of benzene rings is 1. The third kappa shape index (κ3) is 2.38. The fourth-order valence-corrected chi connectivity index (χ4v) is 1.82. The molecule has 2 rings (SSSR count). The minimum Gasteiger partial charge on any atom is -0.398 e. The van der Waals surface area contributed by atoms with Crippen molar-refractivity contribution in [1.29, 1.82) is 0 Å². The van der Waals surface area contributed by atoms with E-state index in [1.807, 2.05) is 13.8 Å². The molecule has 0 atom stereocenters. The first-order valence-electron chi connectivity index (χ1n) is 5.28. The molecule has 0 unspecified atom stereocenters. The van der Waals surface area contributed by atoms with E-state index in [1.165, 1.54) is 0 Å². The molecule has 3 N–H and O–H groups in total. The third-order valence-electron chi connectivity index (χ3n) is 2.64. The van der Waals surface area contributed by atoms with Crippen LogP contribution in [-0.4, -0.2) is 11.1 Å². The first kappa shape index (κ1) is 12.6. The molecule has 1 heterocycles. The van der Waals surface area contributed by atoms with Gasteiger partial charge < -0.3 is 10.3 Å². The van der Waals surface area contributed by atoms with E-state index >= 15 is 0 Å². The van der Waals surface area contributed by atoms with Crippen molar-refractivity contribution < 1.29 is 9.32 Å². The number of carbonyl (C=O) groups excluding carboxylic acids is 1. The second-order valence-corrected chi connectivity index (χ2v) is 4.82. The Morgan fingerprint density at radius 1 is 1.44 bits per heavy atom. The van der Waals surface area contributed by atoms with Gasteiger partial charge in [0.1, 0.15) is 0 Å². The maximum absolute atomic E-state index is 12.0. The van der Waals surface area contributed by atoms with E-state index < -0.39 is 0 Å². The highest BCUT2D eigenvalue weighted by molar-refractivity contribution is 9.10. The predicted molar refractivity (Wildman–Crippen MR) is 72.5 cm³/mol. The number of hydrogen-bond acceptors (Lipinski definition) is 4. The number of nitrogens with two attached hydrogens (primary N) is 1. The van der Waals surface area contributed by atoms with E-state index in [-0.39, 0.29) is 5.91 Å². The van der Waals surface area contributed by atoms with Crippen molar-refractivity contribution in [3.63, 3.8) is 0 Å². The quantitative estimate of drug-likeness (QED) is 0.836. The number of nitrogens with one attached hydrogen (secondary N) is 1. The van der Waals surface area contributed by atoms with Crippen LogP contribution in [0.3, 0.4) is 0 Å². The Labute approximate surface area is 112 Å². The average Bonchev–Trinajstić information content (AvgIpc) is 2.61. The lowest BCUT2D eigenvalue weighted by atomic mass is 10.1. The number of nitrogens with zero attached hydrogens (tertiary/aromatic N) is 1. The highest BCUT2D eigenvalue weighted by Crippen LogP contribution is 2.22. The Morgan fingerprint density at radius 2 is 2.17 bits per heavy atom. The molecule has 0 aliphatic rings. The smallest absolute Gasteiger partial charge is 0.260 e. The van der Waals surface area contributed by atoms with Crippen LogP contribution in [0.15, 0.2) is 27.2 Å². The molecule has 6 heteroatoms. The molecule has 1 aromatic carbocycles. The number of halogens is 1. The number of aryl methyl sites for hydroxylation is 1. The summed E-state index contributed by atoms with van der Waals surface area (Å²) in [5, 5.41) is 6.42. The summed E-state index contributed by atoms with van der Waals surface area (Å²) in [5.74, 6) is 0.0269. The molecule has 94 valence electrons. The first-order valence-corrected chi connectivity index (χ1v) is 6.07. The molecule has 1 amide bonds. The fourth-order valence-electron chi connectivity index (χ4n) is 1.44. The summed E-state index contributed by atoms with van der Waals surface area (Å²) >= 11 is 3.29. The normalized spacial score (nSPS) is 10.4. The number of nitrogen functional groups attached to an aromatic ring is 1. The SMILES string of the molecule is Cc1noc(NC(=O)c2ccc(Br)cc2N)c1C. The van der Waals surface area contributed by atoms with E-state index in [1.54, 1.807) is 18.2 Å². The molecule has 0 bridgehead atoms. The van der Waals surface area contributed by atoms with Crippen LogP contribution < -0.4 is 11.1 Å². The number of rotatable bonds is 2. The molecule has 0 saturated heterocycles. The van der Waals surface area contributed by atoms with E-state index in [0.717, 1.165) is 15.7 Å². The maximum atomic E-state index is 12.0. The maximum Gasteiger partial charge on any atom is 0.260 e. The van der Waals surface area contributed by atoms with Gasteiger partial charge in [-0.25, -0.2) is 0 Å². The molecule has 0 aliphatic carbocycles. The molecular weight excluding hydrogens is 298 g/mol. The van der Waals surface area contributed by atoms with Gasteiger partial charge in [-0.15, -0.1) is 0 Å². The van der Waals surface area contributed by atoms with Crippen molar-refractivity contribution in [2.24, 2.45) is 0 Å². The number of carbonyl (C=O) groups is 1. The van der Waals surface area contributed by atoms with Gasteiger partial charge in [0.25, 0.3) is 5.91 Å². The molecule has 1 aromatic heterocycles. The van der Waals surface area contributed by atoms with Gasteiger partial charge in [-0.3, -0.25) is 10.1 Å². The first-order chi connectivity index (χ1) is 8.49. The Balaban J connectivity index is 2.25. The lowest BCUT2D eigenvalue weighted by Crippen LogP contribution is -2.14. The highest BCUT2D eigenvalue weighted by Gasteiger charge is 2.15. The van der Waals surface area contributed by atoms with E-state index in [0.29, 0.717) is 17.1 Å². The molecule has 0 radical (unpaired) electrons. The van der Waals surface area contributed by atoms with Gasteiger partial charge in [0.15, 0.2) is 0 Å². The van der Waals surface area contributed by atoms with Crippen LogP contribution in [0, 0.1) is 13.8 Å². The fraction of sp³-hybridized carbons (Fsp3) is 0.167. The van der Waals surface area contributed by atoms with Crippen molar-refractivity contribution in [3.8, 4) is 0 Å². The Morgan fingerprint density at radius 3 is 2.72 bits per heavy atom. The van der Waals surface area contributed by atoms with Crippen molar-refractivity contribution >= 4 is 33.4 Å². The summed E-state index contributed by atoms with van der Waals surface area (Å²) in [4.78, 5) is 12.0. The van der Waals surface area contributed by atoms with Gasteiger partial charge in [-0.05, 0) is 32.0 Å². The topological polar surface area (TPSA) is 81.2 Å². The summed E-state index contributed by atoms with van der Waals surface area (Å²) in [7, 11) is 0. The summed E-state index contributed by atoms with van der Waals surface area (Å²) in [6.45, 7) is 3.63. The van der Waals surface area contributed by atoms with Crippen molar-refractivity contribution in [2.75, 3.05) is 11.1 Å². The number of amides is 1. The Bertz CT molecular complexity index is 607. The van der Waals surface area contributed by atoms with E-state index in [4.69, 9.17) is 10.3 Å². The summed E-state index contributed by atoms with van der Waals surface area (Å²) < 4.78 is 5.84. The van der Waals surface area contributed by atoms with Gasteiger partial charge in [-0.2, -0.15) is 0 Å². The largest absolute Gasteiger partial charge is 0.398 e. The van der Waals surface area contributed by atoms with Crippen molar-refractivity contribution in [2.45, 2.75) is 13.8 Å². The number of hydrogen-bond donors (Lipinski definition) is 2. The lowest BCUT2D eigenvalue weighted by molar-refractivity contribution is 0.102. The molecule has 0 spiro atoms. The minimum atomic E-state index is -0.320. The molecule has 0 fully saturated rings. The van der Waals surface area contributed by atoms with Crippen LogP contribution in [-0.2, 0) is 0 Å².